The zero-order chi connectivity index (χ0) is 100. The van der Waals surface area contributed by atoms with Crippen molar-refractivity contribution < 1.29 is 47.5 Å². The van der Waals surface area contributed by atoms with Crippen LogP contribution in [0.3, 0.4) is 0 Å². The summed E-state index contributed by atoms with van der Waals surface area (Å²) in [6, 6.07) is 0. The van der Waals surface area contributed by atoms with E-state index in [0.29, 0.717) is 65.2 Å². The number of hydrogen-bond acceptors (Lipinski definition) is 10. The fraction of sp³-hybridized carbons (Fsp3) is 0.868. The highest BCUT2D eigenvalue weighted by Crippen LogP contribution is 2.29. The third kappa shape index (κ3) is 146. The van der Waals surface area contributed by atoms with Crippen molar-refractivity contribution in [3.63, 3.8) is 0 Å². The second-order valence-electron chi connectivity index (χ2n) is 53.6. The predicted molar refractivity (Wildman–Crippen MR) is 562 cm³/mol. The number of nitrogens with one attached hydrogen (secondary N) is 3. The Balaban J connectivity index is -0.000000265. The van der Waals surface area contributed by atoms with Crippen LogP contribution in [0.25, 0.3) is 0 Å². The lowest BCUT2D eigenvalue weighted by Crippen LogP contribution is -2.40. The van der Waals surface area contributed by atoms with Crippen LogP contribution in [-0.2, 0) is 47.5 Å². The van der Waals surface area contributed by atoms with Crippen molar-refractivity contribution in [1.82, 2.24) is 16.0 Å². The third-order valence-corrected chi connectivity index (χ3v) is 17.5. The van der Waals surface area contributed by atoms with Gasteiger partial charge < -0.3 is 49.1 Å². The molecule has 0 saturated carbocycles. The minimum Gasteiger partial charge on any atom is -0.381 e. The highest BCUT2D eigenvalue weighted by molar-refractivity contribution is 5.81. The van der Waals surface area contributed by atoms with Gasteiger partial charge in [-0.15, -0.1) is 0 Å². The van der Waals surface area contributed by atoms with Gasteiger partial charge in [0.15, 0.2) is 0 Å². The maximum absolute atomic E-state index is 12.2. The van der Waals surface area contributed by atoms with E-state index in [1.54, 1.807) is 0 Å². The molecule has 0 aliphatic rings. The summed E-state index contributed by atoms with van der Waals surface area (Å²) in [6.07, 6.45) is 46.7. The number of rotatable bonds is 50. The van der Waals surface area contributed by atoms with Gasteiger partial charge in [-0.25, -0.2) is 0 Å². The normalized spacial score (nSPS) is 13.2. The van der Waals surface area contributed by atoms with Crippen molar-refractivity contribution in [3.05, 3.63) is 72.9 Å². The summed E-state index contributed by atoms with van der Waals surface area (Å²) in [5.41, 5.74) is 5.09. The molecular formula is C114H227N3O10. The molecule has 13 nitrogen and oxygen atoms in total. The zero-order valence-corrected chi connectivity index (χ0v) is 93.8. The highest BCUT2D eigenvalue weighted by atomic mass is 16.5. The fourth-order valence-electron chi connectivity index (χ4n) is 10.2. The number of ether oxygens (including phenoxy) is 7. The minimum absolute atomic E-state index is 0.121. The molecule has 0 radical (unpaired) electrons. The van der Waals surface area contributed by atoms with Gasteiger partial charge in [-0.05, 0) is 198 Å². The zero-order valence-electron chi connectivity index (χ0n) is 93.8. The lowest BCUT2D eigenvalue weighted by molar-refractivity contribution is -0.130. The van der Waals surface area contributed by atoms with Crippen LogP contribution in [0.1, 0.15) is 452 Å². The molecule has 0 bridgehead atoms. The lowest BCUT2D eigenvalue weighted by Gasteiger charge is -2.27. The molecule has 0 aromatic rings. The molecule has 127 heavy (non-hydrogen) atoms. The summed E-state index contributed by atoms with van der Waals surface area (Å²) < 4.78 is 39.0. The quantitative estimate of drug-likeness (QED) is 0.0396. The van der Waals surface area contributed by atoms with E-state index in [0.717, 1.165) is 169 Å². The molecule has 13 heteroatoms. The molecule has 3 N–H and O–H groups in total. The first-order chi connectivity index (χ1) is 57.3. The molecule has 0 aromatic heterocycles. The Kier molecular flexibility index (Phi) is 77.5. The number of allylic oxidation sites excluding steroid dienone is 8. The van der Waals surface area contributed by atoms with Crippen LogP contribution in [0, 0.1) is 81.2 Å². The van der Waals surface area contributed by atoms with E-state index in [1.807, 2.05) is 38.2 Å². The molecular weight excluding hydrogens is 1570 g/mol. The first-order valence-corrected chi connectivity index (χ1v) is 50.0. The van der Waals surface area contributed by atoms with E-state index in [2.05, 4.69) is 350 Å². The van der Waals surface area contributed by atoms with Crippen LogP contribution in [0.4, 0.5) is 0 Å². The summed E-state index contributed by atoms with van der Waals surface area (Å²) in [5, 5.41) is 8.98. The number of unbranched alkanes of at least 4 members (excludes halogenated alkanes) is 7. The smallest absolute Gasteiger partial charge is 0.225 e. The fourth-order valence-corrected chi connectivity index (χ4v) is 10.2. The Hall–Kier alpha value is -3.43. The SMILES string of the molecule is C=C(CCCC=CCC(C)(C)C)CCC(C)(C)C.CC(C)(C)CC=CCCCOCC(C)(C)C.CC(C)(C)CCCC=CCCCOCC(C)(C)C.CC(C)(C)CNC(=O)C(C)(C)CCCCOCC(C)(C)C.CC(C)(C)CNC(=O)CCC=CCOCC(C)(C)C.CC(C)(C)CNC(=O)CCCCCOCC(C)(C)C.CC(C)(C)COCC=CCOCC(C)(C)C. The van der Waals surface area contributed by atoms with Crippen molar-refractivity contribution >= 4 is 17.7 Å². The topological polar surface area (TPSA) is 152 Å². The molecule has 0 aliphatic carbocycles. The van der Waals surface area contributed by atoms with E-state index in [4.69, 9.17) is 33.2 Å². The third-order valence-electron chi connectivity index (χ3n) is 17.5. The molecule has 0 atom stereocenters. The summed E-state index contributed by atoms with van der Waals surface area (Å²) in [6.45, 7) is 114. The first kappa shape index (κ1) is 137. The van der Waals surface area contributed by atoms with Crippen LogP contribution in [-0.4, -0.2) is 130 Å². The van der Waals surface area contributed by atoms with E-state index in [1.165, 1.54) is 63.4 Å². The Morgan fingerprint density at radius 1 is 0.228 bits per heavy atom. The number of carbonyl (C=O) groups excluding carboxylic acids is 3. The Labute approximate surface area is 795 Å². The van der Waals surface area contributed by atoms with Crippen LogP contribution < -0.4 is 16.0 Å². The van der Waals surface area contributed by atoms with Crippen LogP contribution in [0.2, 0.25) is 0 Å². The average molecular weight is 1800 g/mol. The Morgan fingerprint density at radius 3 is 0.843 bits per heavy atom. The van der Waals surface area contributed by atoms with Gasteiger partial charge in [-0.1, -0.05) is 390 Å². The number of amides is 3. The predicted octanol–water partition coefficient (Wildman–Crippen LogP) is 32.4. The maximum atomic E-state index is 12.2. The van der Waals surface area contributed by atoms with Gasteiger partial charge in [0.2, 0.25) is 17.7 Å². The molecule has 0 fully saturated rings. The van der Waals surface area contributed by atoms with Crippen molar-refractivity contribution in [1.29, 1.82) is 0 Å². The molecule has 0 saturated heterocycles. The van der Waals surface area contributed by atoms with Crippen molar-refractivity contribution in [2.45, 2.75) is 452 Å². The van der Waals surface area contributed by atoms with Crippen molar-refractivity contribution in [2.75, 3.05) is 112 Å². The minimum atomic E-state index is -0.296. The number of carbonyl (C=O) groups is 3. The molecule has 0 aliphatic heterocycles. The van der Waals surface area contributed by atoms with Gasteiger partial charge in [0, 0.05) is 64.3 Å². The second kappa shape index (κ2) is 72.0. The van der Waals surface area contributed by atoms with E-state index < -0.39 is 0 Å². The summed E-state index contributed by atoms with van der Waals surface area (Å²) >= 11 is 0. The Morgan fingerprint density at radius 2 is 0.512 bits per heavy atom. The molecule has 0 aromatic carbocycles. The monoisotopic (exact) mass is 1800 g/mol. The van der Waals surface area contributed by atoms with Gasteiger partial charge in [0.1, 0.15) is 0 Å². The standard InChI is InChI=1S/C18H37NO2.C18H34.C17H34O.C16H33NO2.C16H31NO2.C15H30O.C14H28O2/c1-16(2,3)13-19-15(20)18(7,8)11-9-10-12-21-14-17(4,5)6;1-16(13-15-18(5,6)7)12-10-8-9-11-14-17(2,3)4;1-16(2,3)13-11-9-7-8-10-12-14-18-15-17(4,5)6;2*1-15(2,3)12-17-14(18)10-8-7-9-11-19-13-16(4,5)6;1-14(2,3)11-9-7-8-10-12-16-13-15(4,5)6;1-13(2,3)11-15-9-7-8-10-16-12-14(4,5)6/h9-14H2,1-8H3,(H,19,20);9,11H,1,8,10,12-15H2,2-7H3;7-8H,9-15H2,1-6H3;7-13H2,1-6H3,(H,17,18);7,9H,8,10-13H2,1-6H3,(H,17,18);7,9H,8,10-13H2,1-6H3;7-8H,9-12H2,1-6H3. The van der Waals surface area contributed by atoms with Gasteiger partial charge in [-0.3, -0.25) is 14.4 Å². The summed E-state index contributed by atoms with van der Waals surface area (Å²) in [7, 11) is 0. The maximum Gasteiger partial charge on any atom is 0.225 e. The summed E-state index contributed by atoms with van der Waals surface area (Å²) in [4.78, 5) is 35.3. The van der Waals surface area contributed by atoms with Crippen LogP contribution >= 0.6 is 0 Å². The van der Waals surface area contributed by atoms with E-state index in [9.17, 15) is 14.4 Å². The Bertz CT molecular complexity index is 2730. The first-order valence-electron chi connectivity index (χ1n) is 50.0. The molecule has 0 heterocycles. The molecule has 0 unspecified atom stereocenters. The van der Waals surface area contributed by atoms with Gasteiger partial charge in [0.05, 0.1) is 66.1 Å². The largest absolute Gasteiger partial charge is 0.381 e. The van der Waals surface area contributed by atoms with Gasteiger partial charge in [0.25, 0.3) is 0 Å². The summed E-state index contributed by atoms with van der Waals surface area (Å²) in [5.74, 6) is 0.453. The van der Waals surface area contributed by atoms with Gasteiger partial charge >= 0.3 is 0 Å². The van der Waals surface area contributed by atoms with E-state index >= 15 is 0 Å². The second-order valence-corrected chi connectivity index (χ2v) is 53.6. The number of hydrogen-bond donors (Lipinski definition) is 3. The molecule has 0 rings (SSSR count). The van der Waals surface area contributed by atoms with E-state index in [-0.39, 0.29) is 66.5 Å². The highest BCUT2D eigenvalue weighted by Gasteiger charge is 2.28. The van der Waals surface area contributed by atoms with Crippen molar-refractivity contribution in [2.24, 2.45) is 81.2 Å². The van der Waals surface area contributed by atoms with Crippen LogP contribution in [0.5, 0.6) is 0 Å². The lowest BCUT2D eigenvalue weighted by atomic mass is 9.85. The van der Waals surface area contributed by atoms with Crippen molar-refractivity contribution in [3.8, 4) is 0 Å². The average Bonchev–Trinajstić information content (AvgIpc) is 0.874. The molecule has 3 amide bonds. The van der Waals surface area contributed by atoms with Gasteiger partial charge in [-0.2, -0.15) is 0 Å². The molecule has 758 valence electrons. The van der Waals surface area contributed by atoms with Crippen LogP contribution in [0.15, 0.2) is 72.9 Å². The molecule has 0 spiro atoms.